The van der Waals surface area contributed by atoms with E-state index in [1.807, 2.05) is 0 Å². The molecule has 1 saturated heterocycles. The second-order valence-electron chi connectivity index (χ2n) is 3.61. The summed E-state index contributed by atoms with van der Waals surface area (Å²) in [5, 5.41) is 5.03. The van der Waals surface area contributed by atoms with Crippen LogP contribution in [-0.4, -0.2) is 30.8 Å². The molecule has 1 rings (SSSR count). The minimum absolute atomic E-state index is 0.0693. The minimum atomic E-state index is -0.753. The molecular weight excluding hydrogens is 198 g/mol. The summed E-state index contributed by atoms with van der Waals surface area (Å²) in [4.78, 5) is 32.5. The lowest BCUT2D eigenvalue weighted by Crippen LogP contribution is -2.45. The van der Waals surface area contributed by atoms with Gasteiger partial charge in [-0.05, 0) is 19.3 Å². The molecule has 0 bridgehead atoms. The van der Waals surface area contributed by atoms with Crippen LogP contribution in [0.4, 0.5) is 0 Å². The van der Waals surface area contributed by atoms with Gasteiger partial charge in [0.2, 0.25) is 18.2 Å². The quantitative estimate of drug-likeness (QED) is 0.484. The van der Waals surface area contributed by atoms with Gasteiger partial charge in [0, 0.05) is 12.5 Å². The Balaban J connectivity index is 2.52. The summed E-state index contributed by atoms with van der Waals surface area (Å²) in [6, 6.07) is -0.753. The van der Waals surface area contributed by atoms with Gasteiger partial charge in [-0.25, -0.2) is 0 Å². The van der Waals surface area contributed by atoms with Crippen LogP contribution in [0.25, 0.3) is 0 Å². The van der Waals surface area contributed by atoms with E-state index in [-0.39, 0.29) is 18.2 Å². The molecule has 15 heavy (non-hydrogen) atoms. The van der Waals surface area contributed by atoms with Gasteiger partial charge in [0.1, 0.15) is 6.04 Å². The maximum Gasteiger partial charge on any atom is 0.240 e. The summed E-state index contributed by atoms with van der Waals surface area (Å²) in [6.07, 6.45) is 2.33. The molecular formula is C9H15N3O3. The van der Waals surface area contributed by atoms with Gasteiger partial charge in [-0.2, -0.15) is 0 Å². The highest BCUT2D eigenvalue weighted by atomic mass is 16.2. The van der Waals surface area contributed by atoms with Gasteiger partial charge in [0.05, 0.1) is 0 Å². The van der Waals surface area contributed by atoms with E-state index in [9.17, 15) is 14.4 Å². The van der Waals surface area contributed by atoms with Gasteiger partial charge in [0.15, 0.2) is 0 Å². The van der Waals surface area contributed by atoms with E-state index in [1.165, 1.54) is 0 Å². The third kappa shape index (κ3) is 3.23. The maximum atomic E-state index is 11.4. The van der Waals surface area contributed by atoms with Crippen LogP contribution < -0.4 is 16.4 Å². The first-order valence-electron chi connectivity index (χ1n) is 4.92. The average molecular weight is 213 g/mol. The van der Waals surface area contributed by atoms with E-state index < -0.39 is 11.9 Å². The molecule has 84 valence electrons. The molecule has 1 aliphatic rings. The fourth-order valence-corrected chi connectivity index (χ4v) is 1.69. The van der Waals surface area contributed by atoms with Crippen LogP contribution in [0.15, 0.2) is 0 Å². The van der Waals surface area contributed by atoms with Crippen molar-refractivity contribution in [3.63, 3.8) is 0 Å². The molecule has 1 aliphatic heterocycles. The molecule has 0 radical (unpaired) electrons. The van der Waals surface area contributed by atoms with Crippen LogP contribution in [0.5, 0.6) is 0 Å². The Morgan fingerprint density at radius 2 is 2.47 bits per heavy atom. The normalized spacial score (nSPS) is 22.7. The highest BCUT2D eigenvalue weighted by molar-refractivity contribution is 5.84. The molecule has 0 aliphatic carbocycles. The van der Waals surface area contributed by atoms with Crippen LogP contribution in [0.1, 0.15) is 19.3 Å². The summed E-state index contributed by atoms with van der Waals surface area (Å²) in [6.45, 7) is 0.678. The summed E-state index contributed by atoms with van der Waals surface area (Å²) in [5.41, 5.74) is 5.09. The number of amides is 3. The van der Waals surface area contributed by atoms with Crippen molar-refractivity contribution < 1.29 is 14.4 Å². The molecule has 0 spiro atoms. The zero-order chi connectivity index (χ0) is 11.3. The van der Waals surface area contributed by atoms with Crippen molar-refractivity contribution in [2.75, 3.05) is 6.54 Å². The number of carbonyl (C=O) groups is 3. The first-order valence-corrected chi connectivity index (χ1v) is 4.92. The van der Waals surface area contributed by atoms with Crippen molar-refractivity contribution in [1.82, 2.24) is 10.6 Å². The topological polar surface area (TPSA) is 101 Å². The number of nitrogens with one attached hydrogen (secondary N) is 2. The van der Waals surface area contributed by atoms with Crippen molar-refractivity contribution in [1.29, 1.82) is 0 Å². The predicted molar refractivity (Wildman–Crippen MR) is 52.5 cm³/mol. The second-order valence-corrected chi connectivity index (χ2v) is 3.61. The van der Waals surface area contributed by atoms with Gasteiger partial charge in [-0.1, -0.05) is 0 Å². The van der Waals surface area contributed by atoms with Crippen molar-refractivity contribution in [2.24, 2.45) is 11.7 Å². The lowest BCUT2D eigenvalue weighted by Gasteiger charge is -2.24. The molecule has 6 heteroatoms. The number of carbonyl (C=O) groups excluding carboxylic acids is 3. The molecule has 6 nitrogen and oxygen atoms in total. The second kappa shape index (κ2) is 5.33. The van der Waals surface area contributed by atoms with Crippen molar-refractivity contribution >= 4 is 18.2 Å². The number of primary amides is 1. The highest BCUT2D eigenvalue weighted by Crippen LogP contribution is 2.17. The molecule has 1 fully saturated rings. The minimum Gasteiger partial charge on any atom is -0.368 e. The molecule has 1 heterocycles. The number of rotatable bonds is 5. The van der Waals surface area contributed by atoms with Crippen LogP contribution in [0.2, 0.25) is 0 Å². The Morgan fingerprint density at radius 3 is 3.00 bits per heavy atom. The van der Waals surface area contributed by atoms with E-state index in [4.69, 9.17) is 5.73 Å². The fourth-order valence-electron chi connectivity index (χ4n) is 1.69. The van der Waals surface area contributed by atoms with E-state index in [1.54, 1.807) is 0 Å². The first-order chi connectivity index (χ1) is 7.15. The first kappa shape index (κ1) is 11.5. The van der Waals surface area contributed by atoms with Crippen molar-refractivity contribution in [3.05, 3.63) is 0 Å². The monoisotopic (exact) mass is 213 g/mol. The average Bonchev–Trinajstić information content (AvgIpc) is 2.20. The largest absolute Gasteiger partial charge is 0.368 e. The molecule has 1 unspecified atom stereocenters. The van der Waals surface area contributed by atoms with E-state index in [2.05, 4.69) is 10.6 Å². The molecule has 0 aromatic rings. The summed E-state index contributed by atoms with van der Waals surface area (Å²) in [7, 11) is 0. The van der Waals surface area contributed by atoms with E-state index in [0.29, 0.717) is 13.0 Å². The summed E-state index contributed by atoms with van der Waals surface area (Å²) in [5.74, 6) is -0.913. The standard InChI is InChI=1S/C9H15N3O3/c10-8(14)7(12-5-13)4-6-2-1-3-11-9(6)15/h5-7H,1-4H2,(H2,10,14)(H,11,15)(H,12,13)/t6?,7-/m0/s1. The molecule has 2 atom stereocenters. The SMILES string of the molecule is NC(=O)[C@H](CC1CCCNC1=O)NC=O. The lowest BCUT2D eigenvalue weighted by molar-refractivity contribution is -0.128. The van der Waals surface area contributed by atoms with Crippen LogP contribution in [0, 0.1) is 5.92 Å². The summed E-state index contributed by atoms with van der Waals surface area (Å²) < 4.78 is 0. The van der Waals surface area contributed by atoms with Gasteiger partial charge in [-0.15, -0.1) is 0 Å². The van der Waals surface area contributed by atoms with Gasteiger partial charge in [0.25, 0.3) is 0 Å². The third-order valence-electron chi connectivity index (χ3n) is 2.53. The predicted octanol–water partition coefficient (Wildman–Crippen LogP) is -1.50. The van der Waals surface area contributed by atoms with E-state index in [0.717, 1.165) is 12.8 Å². The smallest absolute Gasteiger partial charge is 0.240 e. The number of nitrogens with two attached hydrogens (primary N) is 1. The Kier molecular flexibility index (Phi) is 4.08. The maximum absolute atomic E-state index is 11.4. The molecule has 4 N–H and O–H groups in total. The van der Waals surface area contributed by atoms with Gasteiger partial charge >= 0.3 is 0 Å². The lowest BCUT2D eigenvalue weighted by atomic mass is 9.91. The number of piperidine rings is 1. The Hall–Kier alpha value is -1.59. The van der Waals surface area contributed by atoms with Crippen molar-refractivity contribution in [3.8, 4) is 0 Å². The van der Waals surface area contributed by atoms with Crippen LogP contribution in [-0.2, 0) is 14.4 Å². The number of hydrogen-bond donors (Lipinski definition) is 3. The molecule has 0 aromatic carbocycles. The third-order valence-corrected chi connectivity index (χ3v) is 2.53. The summed E-state index contributed by atoms with van der Waals surface area (Å²) >= 11 is 0. The van der Waals surface area contributed by atoms with Crippen LogP contribution in [0.3, 0.4) is 0 Å². The Labute approximate surface area is 87.6 Å². The fraction of sp³-hybridized carbons (Fsp3) is 0.667. The van der Waals surface area contributed by atoms with Gasteiger partial charge in [-0.3, -0.25) is 14.4 Å². The zero-order valence-corrected chi connectivity index (χ0v) is 8.36. The van der Waals surface area contributed by atoms with Crippen molar-refractivity contribution in [2.45, 2.75) is 25.3 Å². The van der Waals surface area contributed by atoms with Gasteiger partial charge < -0.3 is 16.4 Å². The van der Waals surface area contributed by atoms with E-state index >= 15 is 0 Å². The van der Waals surface area contributed by atoms with Crippen LogP contribution >= 0.6 is 0 Å². The molecule has 0 aromatic heterocycles. The zero-order valence-electron chi connectivity index (χ0n) is 8.36. The molecule has 3 amide bonds. The number of hydrogen-bond acceptors (Lipinski definition) is 3. The Bertz CT molecular complexity index is 267. The Morgan fingerprint density at radius 1 is 1.73 bits per heavy atom. The molecule has 0 saturated carbocycles. The highest BCUT2D eigenvalue weighted by Gasteiger charge is 2.27.